The molecule has 6 heteroatoms. The maximum Gasteiger partial charge on any atom is 0.306 e. The Morgan fingerprint density at radius 2 is 2.05 bits per heavy atom. The van der Waals surface area contributed by atoms with Crippen LogP contribution in [0, 0.1) is 22.0 Å². The van der Waals surface area contributed by atoms with Crippen LogP contribution in [0.2, 0.25) is 0 Å². The fraction of sp³-hybridized carbons (Fsp3) is 0.533. The van der Waals surface area contributed by atoms with E-state index in [-0.39, 0.29) is 11.6 Å². The number of nitrogens with one attached hydrogen (secondary N) is 1. The predicted molar refractivity (Wildman–Crippen MR) is 77.9 cm³/mol. The standard InChI is InChI=1S/C15H20N2O4/c18-15(19)13-6-4-11(5-7-13)9-16-10-12-2-1-3-14(8-12)17(20)21/h1-3,8,11,13,16H,4-7,9-10H2,(H,18,19). The van der Waals surface area contributed by atoms with Gasteiger partial charge in [0.2, 0.25) is 0 Å². The summed E-state index contributed by atoms with van der Waals surface area (Å²) in [6.07, 6.45) is 3.36. The summed E-state index contributed by atoms with van der Waals surface area (Å²) in [4.78, 5) is 21.2. The van der Waals surface area contributed by atoms with Crippen molar-refractivity contribution in [2.75, 3.05) is 6.54 Å². The smallest absolute Gasteiger partial charge is 0.306 e. The maximum atomic E-state index is 10.9. The number of carboxylic acid groups (broad SMARTS) is 1. The van der Waals surface area contributed by atoms with Gasteiger partial charge in [-0.05, 0) is 43.7 Å². The Morgan fingerprint density at radius 3 is 2.67 bits per heavy atom. The molecule has 1 aliphatic carbocycles. The third-order valence-corrected chi connectivity index (χ3v) is 4.08. The van der Waals surface area contributed by atoms with Crippen LogP contribution in [0.4, 0.5) is 5.69 Å². The zero-order chi connectivity index (χ0) is 15.2. The number of benzene rings is 1. The highest BCUT2D eigenvalue weighted by atomic mass is 16.6. The number of rotatable bonds is 6. The van der Waals surface area contributed by atoms with Gasteiger partial charge in [-0.2, -0.15) is 0 Å². The molecule has 1 aliphatic rings. The zero-order valence-corrected chi connectivity index (χ0v) is 11.8. The van der Waals surface area contributed by atoms with E-state index in [1.54, 1.807) is 12.1 Å². The van der Waals surface area contributed by atoms with Gasteiger partial charge in [0.05, 0.1) is 10.8 Å². The number of nitrogens with zero attached hydrogens (tertiary/aromatic N) is 1. The second kappa shape index (κ2) is 7.17. The summed E-state index contributed by atoms with van der Waals surface area (Å²) in [5.41, 5.74) is 1.000. The molecule has 1 aromatic rings. The Kier molecular flexibility index (Phi) is 5.27. The molecule has 2 rings (SSSR count). The minimum absolute atomic E-state index is 0.108. The molecule has 21 heavy (non-hydrogen) atoms. The van der Waals surface area contributed by atoms with E-state index in [1.807, 2.05) is 6.07 Å². The van der Waals surface area contributed by atoms with Crippen molar-refractivity contribution in [1.29, 1.82) is 0 Å². The molecule has 1 fully saturated rings. The third-order valence-electron chi connectivity index (χ3n) is 4.08. The quantitative estimate of drug-likeness (QED) is 0.621. The van der Waals surface area contributed by atoms with Gasteiger partial charge in [-0.1, -0.05) is 12.1 Å². The molecule has 0 saturated heterocycles. The second-order valence-corrected chi connectivity index (χ2v) is 5.61. The molecule has 114 valence electrons. The van der Waals surface area contributed by atoms with Crippen LogP contribution in [-0.2, 0) is 11.3 Å². The Hall–Kier alpha value is -1.95. The number of carboxylic acids is 1. The number of aliphatic carboxylic acids is 1. The zero-order valence-electron chi connectivity index (χ0n) is 11.8. The number of non-ortho nitro benzene ring substituents is 1. The molecule has 0 spiro atoms. The number of hydrogen-bond acceptors (Lipinski definition) is 4. The fourth-order valence-corrected chi connectivity index (χ4v) is 2.81. The Labute approximate surface area is 123 Å². The lowest BCUT2D eigenvalue weighted by molar-refractivity contribution is -0.384. The van der Waals surface area contributed by atoms with Crippen LogP contribution < -0.4 is 5.32 Å². The highest BCUT2D eigenvalue weighted by molar-refractivity contribution is 5.69. The molecule has 0 radical (unpaired) electrons. The molecule has 1 aromatic carbocycles. The first-order valence-corrected chi connectivity index (χ1v) is 7.23. The molecule has 0 aromatic heterocycles. The van der Waals surface area contributed by atoms with Gasteiger partial charge in [0.1, 0.15) is 0 Å². The Bertz CT molecular complexity index is 510. The monoisotopic (exact) mass is 292 g/mol. The van der Waals surface area contributed by atoms with Crippen LogP contribution in [0.1, 0.15) is 31.2 Å². The third kappa shape index (κ3) is 4.53. The average Bonchev–Trinajstić information content (AvgIpc) is 2.48. The molecule has 0 unspecified atom stereocenters. The van der Waals surface area contributed by atoms with E-state index in [1.165, 1.54) is 6.07 Å². The van der Waals surface area contributed by atoms with Gasteiger partial charge in [0, 0.05) is 18.7 Å². The van der Waals surface area contributed by atoms with Crippen LogP contribution in [0.5, 0.6) is 0 Å². The molecule has 0 atom stereocenters. The van der Waals surface area contributed by atoms with Crippen molar-refractivity contribution in [1.82, 2.24) is 5.32 Å². The first-order chi connectivity index (χ1) is 10.1. The number of carbonyl (C=O) groups is 1. The Morgan fingerprint density at radius 1 is 1.33 bits per heavy atom. The number of nitro benzene ring substituents is 1. The summed E-state index contributed by atoms with van der Waals surface area (Å²) in [6, 6.07) is 6.61. The first kappa shape index (κ1) is 15.4. The van der Waals surface area contributed by atoms with Crippen molar-refractivity contribution in [3.8, 4) is 0 Å². The topological polar surface area (TPSA) is 92.5 Å². The van der Waals surface area contributed by atoms with Crippen molar-refractivity contribution in [3.63, 3.8) is 0 Å². The van der Waals surface area contributed by atoms with E-state index in [0.717, 1.165) is 37.8 Å². The van der Waals surface area contributed by atoms with E-state index < -0.39 is 10.9 Å². The molecule has 0 aliphatic heterocycles. The highest BCUT2D eigenvalue weighted by Gasteiger charge is 2.25. The molecule has 0 heterocycles. The molecular weight excluding hydrogens is 272 g/mol. The number of nitro groups is 1. The van der Waals surface area contributed by atoms with E-state index in [4.69, 9.17) is 5.11 Å². The van der Waals surface area contributed by atoms with Crippen molar-refractivity contribution in [3.05, 3.63) is 39.9 Å². The molecule has 6 nitrogen and oxygen atoms in total. The van der Waals surface area contributed by atoms with Gasteiger partial charge in [-0.15, -0.1) is 0 Å². The lowest BCUT2D eigenvalue weighted by Crippen LogP contribution is -2.28. The van der Waals surface area contributed by atoms with E-state index in [9.17, 15) is 14.9 Å². The summed E-state index contributed by atoms with van der Waals surface area (Å²) >= 11 is 0. The van der Waals surface area contributed by atoms with Crippen LogP contribution in [0.15, 0.2) is 24.3 Å². The molecule has 1 saturated carbocycles. The van der Waals surface area contributed by atoms with Gasteiger partial charge >= 0.3 is 5.97 Å². The lowest BCUT2D eigenvalue weighted by atomic mass is 9.82. The van der Waals surface area contributed by atoms with Crippen molar-refractivity contribution in [2.45, 2.75) is 32.2 Å². The largest absolute Gasteiger partial charge is 0.481 e. The van der Waals surface area contributed by atoms with Crippen LogP contribution >= 0.6 is 0 Å². The number of hydrogen-bond donors (Lipinski definition) is 2. The highest BCUT2D eigenvalue weighted by Crippen LogP contribution is 2.28. The lowest BCUT2D eigenvalue weighted by Gasteiger charge is -2.26. The van der Waals surface area contributed by atoms with Crippen LogP contribution in [0.3, 0.4) is 0 Å². The Balaban J connectivity index is 1.74. The van der Waals surface area contributed by atoms with Gasteiger partial charge < -0.3 is 10.4 Å². The maximum absolute atomic E-state index is 10.9. The van der Waals surface area contributed by atoms with Gasteiger partial charge in [0.25, 0.3) is 5.69 Å². The fourth-order valence-electron chi connectivity index (χ4n) is 2.81. The molecular formula is C15H20N2O4. The average molecular weight is 292 g/mol. The molecule has 0 bridgehead atoms. The van der Waals surface area contributed by atoms with Gasteiger partial charge in [0.15, 0.2) is 0 Å². The summed E-state index contributed by atoms with van der Waals surface area (Å²) in [5, 5.41) is 23.0. The van der Waals surface area contributed by atoms with Crippen molar-refractivity contribution in [2.24, 2.45) is 11.8 Å². The summed E-state index contributed by atoms with van der Waals surface area (Å²) in [5.74, 6) is -0.365. The van der Waals surface area contributed by atoms with Crippen molar-refractivity contribution >= 4 is 11.7 Å². The van der Waals surface area contributed by atoms with Crippen LogP contribution in [-0.4, -0.2) is 22.5 Å². The van der Waals surface area contributed by atoms with Crippen molar-refractivity contribution < 1.29 is 14.8 Å². The summed E-state index contributed by atoms with van der Waals surface area (Å²) < 4.78 is 0. The SMILES string of the molecule is O=C(O)C1CCC(CNCc2cccc([N+](=O)[O-])c2)CC1. The minimum atomic E-state index is -0.682. The summed E-state index contributed by atoms with van der Waals surface area (Å²) in [6.45, 7) is 1.43. The van der Waals surface area contributed by atoms with Gasteiger partial charge in [-0.25, -0.2) is 0 Å². The molecule has 0 amide bonds. The predicted octanol–water partition coefficient (Wildman–Crippen LogP) is 2.58. The van der Waals surface area contributed by atoms with E-state index >= 15 is 0 Å². The van der Waals surface area contributed by atoms with Crippen LogP contribution in [0.25, 0.3) is 0 Å². The summed E-state index contributed by atoms with van der Waals surface area (Å²) in [7, 11) is 0. The van der Waals surface area contributed by atoms with Gasteiger partial charge in [-0.3, -0.25) is 14.9 Å². The van der Waals surface area contributed by atoms with E-state index in [2.05, 4.69) is 5.32 Å². The first-order valence-electron chi connectivity index (χ1n) is 7.23. The van der Waals surface area contributed by atoms with E-state index in [0.29, 0.717) is 12.5 Å². The normalized spacial score (nSPS) is 21.9. The minimum Gasteiger partial charge on any atom is -0.481 e. The second-order valence-electron chi connectivity index (χ2n) is 5.61. The molecule has 2 N–H and O–H groups in total.